The topological polar surface area (TPSA) is 43.8 Å². The highest BCUT2D eigenvalue weighted by atomic mass is 16.4. The van der Waals surface area contributed by atoms with Crippen LogP contribution in [-0.4, -0.2) is 60.1 Å². The predicted molar refractivity (Wildman–Crippen MR) is 76.3 cm³/mol. The molecule has 0 saturated carbocycles. The predicted octanol–water partition coefficient (Wildman–Crippen LogP) is 2.05. The second-order valence-corrected chi connectivity index (χ2v) is 6.17. The number of nitrogens with zero attached hydrogens (tertiary/aromatic N) is 2. The van der Waals surface area contributed by atoms with E-state index in [0.29, 0.717) is 0 Å². The molecule has 4 nitrogen and oxygen atoms in total. The maximum absolute atomic E-state index is 10.6. The number of hydrogen-bond acceptors (Lipinski definition) is 3. The van der Waals surface area contributed by atoms with Gasteiger partial charge in [0.25, 0.3) is 0 Å². The molecule has 19 heavy (non-hydrogen) atoms. The van der Waals surface area contributed by atoms with Gasteiger partial charge < -0.3 is 14.9 Å². The van der Waals surface area contributed by atoms with E-state index >= 15 is 0 Å². The molecule has 4 heteroatoms. The minimum atomic E-state index is -0.672. The lowest BCUT2D eigenvalue weighted by Gasteiger charge is -2.35. The molecule has 2 fully saturated rings. The summed E-state index contributed by atoms with van der Waals surface area (Å²) >= 11 is 0. The molecule has 0 aromatic rings. The molecule has 0 spiro atoms. The van der Waals surface area contributed by atoms with Crippen molar-refractivity contribution in [1.29, 1.82) is 0 Å². The summed E-state index contributed by atoms with van der Waals surface area (Å²) in [5.74, 6) is 0.0790. The Morgan fingerprint density at radius 3 is 2.37 bits per heavy atom. The second kappa shape index (κ2) is 7.85. The zero-order chi connectivity index (χ0) is 13.5. The van der Waals surface area contributed by atoms with E-state index in [9.17, 15) is 4.79 Å². The van der Waals surface area contributed by atoms with E-state index in [2.05, 4.69) is 9.80 Å². The molecule has 110 valence electrons. The summed E-state index contributed by atoms with van der Waals surface area (Å²) in [5.41, 5.74) is 0. The summed E-state index contributed by atoms with van der Waals surface area (Å²) in [6.45, 7) is 6.68. The van der Waals surface area contributed by atoms with Crippen molar-refractivity contribution in [1.82, 2.24) is 9.80 Å². The molecule has 0 aromatic heterocycles. The number of hydrogen-bond donors (Lipinski definition) is 1. The Morgan fingerprint density at radius 1 is 1.00 bits per heavy atom. The second-order valence-electron chi connectivity index (χ2n) is 6.17. The van der Waals surface area contributed by atoms with Gasteiger partial charge >= 0.3 is 5.97 Å². The lowest BCUT2D eigenvalue weighted by molar-refractivity contribution is -0.137. The quantitative estimate of drug-likeness (QED) is 0.829. The molecule has 2 aliphatic heterocycles. The molecule has 2 saturated heterocycles. The van der Waals surface area contributed by atoms with E-state index in [1.807, 2.05) is 0 Å². The third-order valence-corrected chi connectivity index (χ3v) is 4.46. The highest BCUT2D eigenvalue weighted by molar-refractivity contribution is 5.66. The number of likely N-dealkylation sites (tertiary alicyclic amines) is 2. The number of piperidine rings is 1. The smallest absolute Gasteiger partial charge is 0.304 e. The number of rotatable bonds is 5. The van der Waals surface area contributed by atoms with Crippen LogP contribution in [0.25, 0.3) is 0 Å². The maximum Gasteiger partial charge on any atom is 0.304 e. The van der Waals surface area contributed by atoms with E-state index < -0.39 is 5.97 Å². The first-order valence-electron chi connectivity index (χ1n) is 7.90. The third kappa shape index (κ3) is 5.49. The summed E-state index contributed by atoms with van der Waals surface area (Å²) in [6, 6.07) is 0. The van der Waals surface area contributed by atoms with Gasteiger partial charge in [0.15, 0.2) is 0 Å². The Labute approximate surface area is 116 Å². The van der Waals surface area contributed by atoms with Crippen molar-refractivity contribution in [3.8, 4) is 0 Å². The number of carboxylic acids is 1. The van der Waals surface area contributed by atoms with Gasteiger partial charge in [-0.05, 0) is 51.2 Å². The summed E-state index contributed by atoms with van der Waals surface area (Å²) in [6.07, 6.45) is 8.34. The maximum atomic E-state index is 10.6. The van der Waals surface area contributed by atoms with Gasteiger partial charge in [-0.15, -0.1) is 0 Å². The van der Waals surface area contributed by atoms with Crippen LogP contribution in [0.4, 0.5) is 0 Å². The van der Waals surface area contributed by atoms with E-state index in [1.54, 1.807) is 0 Å². The molecule has 0 aliphatic carbocycles. The van der Waals surface area contributed by atoms with Crippen molar-refractivity contribution in [3.05, 3.63) is 0 Å². The normalized spacial score (nSPS) is 27.1. The zero-order valence-electron chi connectivity index (χ0n) is 12.0. The van der Waals surface area contributed by atoms with Crippen molar-refractivity contribution in [2.24, 2.45) is 5.92 Å². The Hall–Kier alpha value is -0.610. The van der Waals surface area contributed by atoms with Gasteiger partial charge in [0.05, 0.1) is 6.42 Å². The van der Waals surface area contributed by atoms with Crippen LogP contribution in [0.15, 0.2) is 0 Å². The summed E-state index contributed by atoms with van der Waals surface area (Å²) in [7, 11) is 0. The van der Waals surface area contributed by atoms with Crippen molar-refractivity contribution < 1.29 is 9.90 Å². The standard InChI is InChI=1S/C15H28N2O2/c18-15(19)7-11-17-10-5-6-14(13-17)12-16-8-3-1-2-4-9-16/h14H,1-13H2,(H,18,19). The molecule has 2 heterocycles. The van der Waals surface area contributed by atoms with Gasteiger partial charge in [-0.2, -0.15) is 0 Å². The first-order valence-corrected chi connectivity index (χ1v) is 7.90. The molecule has 1 atom stereocenters. The molecular formula is C15H28N2O2. The van der Waals surface area contributed by atoms with Crippen LogP contribution in [0.5, 0.6) is 0 Å². The third-order valence-electron chi connectivity index (χ3n) is 4.46. The van der Waals surface area contributed by atoms with Crippen LogP contribution >= 0.6 is 0 Å². The lowest BCUT2D eigenvalue weighted by Crippen LogP contribution is -2.42. The van der Waals surface area contributed by atoms with Gasteiger partial charge in [0.2, 0.25) is 0 Å². The SMILES string of the molecule is O=C(O)CCN1CCCC(CN2CCCCCC2)C1. The van der Waals surface area contributed by atoms with Crippen molar-refractivity contribution >= 4 is 5.97 Å². The average molecular weight is 268 g/mol. The zero-order valence-corrected chi connectivity index (χ0v) is 12.0. The van der Waals surface area contributed by atoms with E-state index in [1.165, 1.54) is 58.2 Å². The van der Waals surface area contributed by atoms with Crippen LogP contribution in [0.2, 0.25) is 0 Å². The highest BCUT2D eigenvalue weighted by Crippen LogP contribution is 2.19. The monoisotopic (exact) mass is 268 g/mol. The Morgan fingerprint density at radius 2 is 1.68 bits per heavy atom. The number of carboxylic acid groups (broad SMARTS) is 1. The Balaban J connectivity index is 1.72. The van der Waals surface area contributed by atoms with E-state index in [-0.39, 0.29) is 6.42 Å². The largest absolute Gasteiger partial charge is 0.481 e. The van der Waals surface area contributed by atoms with Gasteiger partial charge in [-0.25, -0.2) is 0 Å². The highest BCUT2D eigenvalue weighted by Gasteiger charge is 2.22. The van der Waals surface area contributed by atoms with Crippen LogP contribution in [0.3, 0.4) is 0 Å². The minimum Gasteiger partial charge on any atom is -0.481 e. The van der Waals surface area contributed by atoms with Gasteiger partial charge in [0, 0.05) is 19.6 Å². The minimum absolute atomic E-state index is 0.288. The van der Waals surface area contributed by atoms with Gasteiger partial charge in [-0.1, -0.05) is 12.8 Å². The molecular weight excluding hydrogens is 240 g/mol. The molecule has 0 bridgehead atoms. The first kappa shape index (κ1) is 14.8. The van der Waals surface area contributed by atoms with Crippen LogP contribution < -0.4 is 0 Å². The first-order chi connectivity index (χ1) is 9.24. The molecule has 2 rings (SSSR count). The van der Waals surface area contributed by atoms with E-state index in [0.717, 1.165) is 25.6 Å². The van der Waals surface area contributed by atoms with Crippen molar-refractivity contribution in [2.75, 3.05) is 39.3 Å². The summed E-state index contributed by atoms with van der Waals surface area (Å²) in [4.78, 5) is 15.6. The fourth-order valence-corrected chi connectivity index (χ4v) is 3.44. The fraction of sp³-hybridized carbons (Fsp3) is 0.933. The van der Waals surface area contributed by atoms with Gasteiger partial charge in [-0.3, -0.25) is 4.79 Å². The molecule has 1 unspecified atom stereocenters. The molecule has 0 aromatic carbocycles. The number of aliphatic carboxylic acids is 1. The Bertz CT molecular complexity index is 275. The Kier molecular flexibility index (Phi) is 6.11. The molecule has 2 aliphatic rings. The molecule has 0 radical (unpaired) electrons. The van der Waals surface area contributed by atoms with Crippen LogP contribution in [0.1, 0.15) is 44.9 Å². The molecule has 1 N–H and O–H groups in total. The fourth-order valence-electron chi connectivity index (χ4n) is 3.44. The lowest BCUT2D eigenvalue weighted by atomic mass is 9.97. The van der Waals surface area contributed by atoms with E-state index in [4.69, 9.17) is 5.11 Å². The van der Waals surface area contributed by atoms with Crippen molar-refractivity contribution in [2.45, 2.75) is 44.9 Å². The van der Waals surface area contributed by atoms with Crippen LogP contribution in [-0.2, 0) is 4.79 Å². The average Bonchev–Trinajstić information content (AvgIpc) is 2.65. The number of carbonyl (C=O) groups is 1. The summed E-state index contributed by atoms with van der Waals surface area (Å²) < 4.78 is 0. The molecule has 0 amide bonds. The summed E-state index contributed by atoms with van der Waals surface area (Å²) in [5, 5.41) is 8.77. The van der Waals surface area contributed by atoms with Gasteiger partial charge in [0.1, 0.15) is 0 Å². The van der Waals surface area contributed by atoms with Crippen molar-refractivity contribution in [3.63, 3.8) is 0 Å². The van der Waals surface area contributed by atoms with Crippen LogP contribution in [0, 0.1) is 5.92 Å².